The highest BCUT2D eigenvalue weighted by Gasteiger charge is 2.27. The van der Waals surface area contributed by atoms with Crippen LogP contribution in [0.3, 0.4) is 0 Å². The Labute approximate surface area is 207 Å². The van der Waals surface area contributed by atoms with Gasteiger partial charge in [-0.3, -0.25) is 9.71 Å². The molecular weight excluding hydrogens is 468 g/mol. The van der Waals surface area contributed by atoms with Gasteiger partial charge in [-0.15, -0.1) is 0 Å². The summed E-state index contributed by atoms with van der Waals surface area (Å²) in [6.07, 6.45) is 2.76. The molecule has 0 aliphatic heterocycles. The number of rotatable bonds is 10. The number of sulfonamides is 1. The molecule has 0 saturated heterocycles. The summed E-state index contributed by atoms with van der Waals surface area (Å²) in [5, 5.41) is 0. The van der Waals surface area contributed by atoms with Gasteiger partial charge in [-0.2, -0.15) is 0 Å². The lowest BCUT2D eigenvalue weighted by Gasteiger charge is -2.23. The van der Waals surface area contributed by atoms with E-state index in [9.17, 15) is 8.42 Å². The zero-order valence-corrected chi connectivity index (χ0v) is 21.7. The third kappa shape index (κ3) is 7.20. The van der Waals surface area contributed by atoms with Crippen molar-refractivity contribution in [3.63, 3.8) is 0 Å². The molecule has 2 aromatic heterocycles. The fourth-order valence-corrected chi connectivity index (χ4v) is 4.62. The van der Waals surface area contributed by atoms with E-state index in [0.29, 0.717) is 17.9 Å². The molecule has 9 nitrogen and oxygen atoms in total. The van der Waals surface area contributed by atoms with Gasteiger partial charge in [0.2, 0.25) is 5.82 Å². The van der Waals surface area contributed by atoms with Crippen molar-refractivity contribution in [1.82, 2.24) is 15.0 Å². The maximum absolute atomic E-state index is 13.7. The molecule has 3 aromatic rings. The van der Waals surface area contributed by atoms with Crippen LogP contribution in [0.5, 0.6) is 5.88 Å². The van der Waals surface area contributed by atoms with Gasteiger partial charge in [0, 0.05) is 11.8 Å². The van der Waals surface area contributed by atoms with Crippen LogP contribution in [0.4, 0.5) is 5.82 Å². The normalized spacial score (nSPS) is 12.9. The summed E-state index contributed by atoms with van der Waals surface area (Å²) in [4.78, 5) is 12.7. The average Bonchev–Trinajstić information content (AvgIpc) is 2.82. The van der Waals surface area contributed by atoms with Crippen molar-refractivity contribution in [3.05, 3.63) is 60.2 Å². The zero-order valence-electron chi connectivity index (χ0n) is 20.9. The number of anilines is 1. The maximum atomic E-state index is 13.7. The lowest BCUT2D eigenvalue weighted by molar-refractivity contribution is -0.0715. The molecule has 1 atom stereocenters. The van der Waals surface area contributed by atoms with Gasteiger partial charge in [-0.1, -0.05) is 30.3 Å². The predicted molar refractivity (Wildman–Crippen MR) is 134 cm³/mol. The minimum atomic E-state index is -4.16. The monoisotopic (exact) mass is 500 g/mol. The first-order chi connectivity index (χ1) is 16.5. The van der Waals surface area contributed by atoms with Gasteiger partial charge < -0.3 is 14.2 Å². The fraction of sp³-hybridized carbons (Fsp3) is 0.400. The second kappa shape index (κ2) is 11.1. The van der Waals surface area contributed by atoms with E-state index < -0.39 is 10.0 Å². The molecule has 2 heterocycles. The van der Waals surface area contributed by atoms with Crippen LogP contribution in [-0.4, -0.2) is 48.8 Å². The van der Waals surface area contributed by atoms with E-state index in [-0.39, 0.29) is 40.6 Å². The first-order valence-electron chi connectivity index (χ1n) is 11.2. The highest BCUT2D eigenvalue weighted by Crippen LogP contribution is 2.32. The number of nitrogens with one attached hydrogen (secondary N) is 1. The first kappa shape index (κ1) is 26.5. The third-order valence-corrected chi connectivity index (χ3v) is 6.33. The number of hydrogen-bond acceptors (Lipinski definition) is 8. The summed E-state index contributed by atoms with van der Waals surface area (Å²) >= 11 is 0. The predicted octanol–water partition coefficient (Wildman–Crippen LogP) is 4.38. The summed E-state index contributed by atoms with van der Waals surface area (Å²) in [5.41, 5.74) is 1.76. The van der Waals surface area contributed by atoms with E-state index in [1.165, 1.54) is 13.3 Å². The van der Waals surface area contributed by atoms with Gasteiger partial charge in [0.25, 0.3) is 15.9 Å². The number of methoxy groups -OCH3 is 1. The summed E-state index contributed by atoms with van der Waals surface area (Å²) in [6.45, 7) is 9.82. The van der Waals surface area contributed by atoms with Crippen LogP contribution in [0.25, 0.3) is 11.1 Å². The Morgan fingerprint density at radius 3 is 2.46 bits per heavy atom. The van der Waals surface area contributed by atoms with Gasteiger partial charge in [0.1, 0.15) is 4.90 Å². The second-order valence-corrected chi connectivity index (χ2v) is 10.6. The number of pyridine rings is 1. The van der Waals surface area contributed by atoms with Crippen LogP contribution in [0.15, 0.2) is 53.7 Å². The number of ether oxygens (including phenoxy) is 3. The Bertz CT molecular complexity index is 1240. The van der Waals surface area contributed by atoms with E-state index in [4.69, 9.17) is 14.2 Å². The van der Waals surface area contributed by atoms with Crippen LogP contribution in [-0.2, 0) is 26.1 Å². The van der Waals surface area contributed by atoms with Crippen molar-refractivity contribution in [2.45, 2.75) is 57.8 Å². The van der Waals surface area contributed by atoms with Crippen molar-refractivity contribution in [2.75, 3.05) is 18.4 Å². The zero-order chi connectivity index (χ0) is 25.6. The Morgan fingerprint density at radius 1 is 1.09 bits per heavy atom. The fourth-order valence-electron chi connectivity index (χ4n) is 3.22. The SMILES string of the molecule is COc1nc(C)cnc1NS(=O)(=O)c1c(-c2ccccc2)ccnc1COC(C)COC(C)(C)C. The van der Waals surface area contributed by atoms with E-state index in [0.717, 1.165) is 5.56 Å². The molecule has 0 saturated carbocycles. The lowest BCUT2D eigenvalue weighted by Crippen LogP contribution is -2.26. The molecule has 0 aliphatic carbocycles. The van der Waals surface area contributed by atoms with Gasteiger partial charge >= 0.3 is 0 Å². The Balaban J connectivity index is 2.00. The number of aromatic nitrogens is 3. The quantitative estimate of drug-likeness (QED) is 0.437. The van der Waals surface area contributed by atoms with Gasteiger partial charge in [-0.25, -0.2) is 18.4 Å². The summed E-state index contributed by atoms with van der Waals surface area (Å²) in [6, 6.07) is 10.9. The summed E-state index contributed by atoms with van der Waals surface area (Å²) < 4.78 is 46.9. The molecule has 0 radical (unpaired) electrons. The van der Waals surface area contributed by atoms with Crippen molar-refractivity contribution in [3.8, 4) is 17.0 Å². The van der Waals surface area contributed by atoms with Gasteiger partial charge in [0.15, 0.2) is 0 Å². The number of benzene rings is 1. The Hall–Kier alpha value is -3.08. The van der Waals surface area contributed by atoms with Crippen molar-refractivity contribution in [2.24, 2.45) is 0 Å². The standard InChI is InChI=1S/C25H32N4O5S/c1-17-14-27-23(24(28-17)32-6)29-35(30,31)22-20(19-10-8-7-9-11-19)12-13-26-21(22)16-33-18(2)15-34-25(3,4)5/h7-14,18H,15-16H2,1-6H3,(H,27,29). The molecule has 1 unspecified atom stereocenters. The minimum absolute atomic E-state index is 0.000400. The summed E-state index contributed by atoms with van der Waals surface area (Å²) in [5.74, 6) is 0.0595. The van der Waals surface area contributed by atoms with Gasteiger partial charge in [-0.05, 0) is 46.2 Å². The van der Waals surface area contributed by atoms with Crippen molar-refractivity contribution >= 4 is 15.8 Å². The molecular formula is C25H32N4O5S. The molecule has 0 amide bonds. The molecule has 188 valence electrons. The highest BCUT2D eigenvalue weighted by molar-refractivity contribution is 7.93. The topological polar surface area (TPSA) is 113 Å². The first-order valence-corrected chi connectivity index (χ1v) is 12.7. The molecule has 0 aliphatic rings. The van der Waals surface area contributed by atoms with Crippen LogP contribution < -0.4 is 9.46 Å². The molecule has 0 fully saturated rings. The molecule has 1 N–H and O–H groups in total. The Kier molecular flexibility index (Phi) is 8.42. The van der Waals surface area contributed by atoms with E-state index >= 15 is 0 Å². The molecule has 35 heavy (non-hydrogen) atoms. The van der Waals surface area contributed by atoms with Gasteiger partial charge in [0.05, 0.1) is 49.6 Å². The molecule has 10 heteroatoms. The number of hydrogen-bond donors (Lipinski definition) is 1. The van der Waals surface area contributed by atoms with Crippen molar-refractivity contribution in [1.29, 1.82) is 0 Å². The number of nitrogens with zero attached hydrogens (tertiary/aromatic N) is 3. The van der Waals surface area contributed by atoms with Crippen LogP contribution in [0.2, 0.25) is 0 Å². The molecule has 3 rings (SSSR count). The lowest BCUT2D eigenvalue weighted by atomic mass is 10.1. The smallest absolute Gasteiger partial charge is 0.265 e. The average molecular weight is 501 g/mol. The minimum Gasteiger partial charge on any atom is -0.478 e. The highest BCUT2D eigenvalue weighted by atomic mass is 32.2. The van der Waals surface area contributed by atoms with Crippen molar-refractivity contribution < 1.29 is 22.6 Å². The molecule has 1 aromatic carbocycles. The maximum Gasteiger partial charge on any atom is 0.265 e. The second-order valence-electron chi connectivity index (χ2n) is 9.02. The van der Waals surface area contributed by atoms with Crippen LogP contribution in [0.1, 0.15) is 39.1 Å². The van der Waals surface area contributed by atoms with E-state index in [2.05, 4.69) is 19.7 Å². The van der Waals surface area contributed by atoms with E-state index in [1.807, 2.05) is 58.0 Å². The number of aryl methyl sites for hydroxylation is 1. The van der Waals surface area contributed by atoms with Crippen LogP contribution in [0, 0.1) is 6.92 Å². The van der Waals surface area contributed by atoms with E-state index in [1.54, 1.807) is 19.2 Å². The molecule has 0 spiro atoms. The summed E-state index contributed by atoms with van der Waals surface area (Å²) in [7, 11) is -2.75. The third-order valence-electron chi connectivity index (χ3n) is 4.87. The molecule has 0 bridgehead atoms. The largest absolute Gasteiger partial charge is 0.478 e. The van der Waals surface area contributed by atoms with Crippen LogP contribution >= 0.6 is 0 Å². The Morgan fingerprint density at radius 2 is 1.80 bits per heavy atom.